The second-order valence-electron chi connectivity index (χ2n) is 6.55. The maximum absolute atomic E-state index is 12.9. The number of carbonyl (C=O) groups is 1. The Bertz CT molecular complexity index is 1070. The van der Waals surface area contributed by atoms with Crippen molar-refractivity contribution in [1.29, 1.82) is 0 Å². The van der Waals surface area contributed by atoms with Crippen molar-refractivity contribution in [1.82, 2.24) is 14.9 Å². The van der Waals surface area contributed by atoms with Crippen molar-refractivity contribution >= 4 is 39.2 Å². The first-order chi connectivity index (χ1) is 13.4. The van der Waals surface area contributed by atoms with Crippen molar-refractivity contribution in [3.05, 3.63) is 69.3 Å². The summed E-state index contributed by atoms with van der Waals surface area (Å²) in [6.45, 7) is 9.99. The minimum Gasteiger partial charge on any atom is -0.349 e. The van der Waals surface area contributed by atoms with Crippen LogP contribution in [0.5, 0.6) is 0 Å². The molecule has 0 aliphatic carbocycles. The molecule has 3 rings (SSSR count). The molecular formula is C21H23N3O2S2. The Balaban J connectivity index is 1.79. The van der Waals surface area contributed by atoms with Crippen LogP contribution in [-0.2, 0) is 11.3 Å². The van der Waals surface area contributed by atoms with E-state index >= 15 is 0 Å². The number of fused-ring (bicyclic) bond motifs is 1. The number of thiophene rings is 1. The van der Waals surface area contributed by atoms with Gasteiger partial charge in [-0.1, -0.05) is 48.2 Å². The smallest absolute Gasteiger partial charge is 0.263 e. The van der Waals surface area contributed by atoms with Crippen LogP contribution >= 0.6 is 23.1 Å². The number of aryl methyl sites for hydroxylation is 2. The highest BCUT2D eigenvalue weighted by atomic mass is 32.2. The van der Waals surface area contributed by atoms with E-state index in [0.29, 0.717) is 17.1 Å². The van der Waals surface area contributed by atoms with Gasteiger partial charge in [-0.3, -0.25) is 14.2 Å². The number of nitrogens with one attached hydrogen (secondary N) is 1. The average Bonchev–Trinajstić information content (AvgIpc) is 2.97. The summed E-state index contributed by atoms with van der Waals surface area (Å²) >= 11 is 2.79. The monoisotopic (exact) mass is 413 g/mol. The summed E-state index contributed by atoms with van der Waals surface area (Å²) in [6.07, 6.45) is 1.67. The van der Waals surface area contributed by atoms with E-state index in [4.69, 9.17) is 0 Å². The third-order valence-corrected chi connectivity index (χ3v) is 6.65. The van der Waals surface area contributed by atoms with Crippen LogP contribution in [0.3, 0.4) is 0 Å². The Morgan fingerprint density at radius 3 is 2.75 bits per heavy atom. The van der Waals surface area contributed by atoms with Crippen LogP contribution in [0.25, 0.3) is 10.2 Å². The number of allylic oxidation sites excluding steroid dienone is 1. The number of nitrogens with zero attached hydrogens (tertiary/aromatic N) is 2. The van der Waals surface area contributed by atoms with E-state index < -0.39 is 0 Å². The molecule has 28 heavy (non-hydrogen) atoms. The summed E-state index contributed by atoms with van der Waals surface area (Å²) in [7, 11) is 0. The summed E-state index contributed by atoms with van der Waals surface area (Å²) in [6, 6.07) is 9.73. The van der Waals surface area contributed by atoms with Crippen LogP contribution in [0.1, 0.15) is 29.0 Å². The molecular weight excluding hydrogens is 390 g/mol. The van der Waals surface area contributed by atoms with Gasteiger partial charge in [0.1, 0.15) is 4.83 Å². The number of aromatic nitrogens is 2. The van der Waals surface area contributed by atoms with Crippen LogP contribution < -0.4 is 10.9 Å². The highest BCUT2D eigenvalue weighted by Gasteiger charge is 2.17. The maximum atomic E-state index is 12.9. The van der Waals surface area contributed by atoms with Gasteiger partial charge in [-0.15, -0.1) is 17.9 Å². The fourth-order valence-electron chi connectivity index (χ4n) is 2.95. The zero-order chi connectivity index (χ0) is 20.3. The minimum absolute atomic E-state index is 0.0766. The molecule has 0 fully saturated rings. The van der Waals surface area contributed by atoms with E-state index in [1.165, 1.54) is 23.1 Å². The molecule has 1 unspecified atom stereocenters. The number of thioether (sulfide) groups is 1. The summed E-state index contributed by atoms with van der Waals surface area (Å²) < 4.78 is 1.59. The average molecular weight is 414 g/mol. The van der Waals surface area contributed by atoms with Gasteiger partial charge in [-0.25, -0.2) is 4.98 Å². The van der Waals surface area contributed by atoms with Gasteiger partial charge in [0.15, 0.2) is 5.16 Å². The van der Waals surface area contributed by atoms with Gasteiger partial charge in [0, 0.05) is 11.4 Å². The molecule has 0 aliphatic rings. The van der Waals surface area contributed by atoms with Crippen molar-refractivity contribution < 1.29 is 4.79 Å². The van der Waals surface area contributed by atoms with Gasteiger partial charge in [0.2, 0.25) is 5.91 Å². The van der Waals surface area contributed by atoms with Crippen LogP contribution in [-0.4, -0.2) is 21.2 Å². The molecule has 1 aromatic carbocycles. The van der Waals surface area contributed by atoms with Crippen LogP contribution in [0.4, 0.5) is 0 Å². The zero-order valence-corrected chi connectivity index (χ0v) is 17.8. The topological polar surface area (TPSA) is 64.0 Å². The van der Waals surface area contributed by atoms with Gasteiger partial charge < -0.3 is 5.32 Å². The molecule has 1 atom stereocenters. The summed E-state index contributed by atoms with van der Waals surface area (Å²) in [5.41, 5.74) is 1.95. The van der Waals surface area contributed by atoms with E-state index in [2.05, 4.69) is 16.9 Å². The fraction of sp³-hybridized carbons (Fsp3) is 0.286. The molecule has 0 aliphatic heterocycles. The number of rotatable bonds is 7. The first kappa shape index (κ1) is 20.4. The first-order valence-corrected chi connectivity index (χ1v) is 10.8. The predicted molar refractivity (Wildman–Crippen MR) is 117 cm³/mol. The predicted octanol–water partition coefficient (Wildman–Crippen LogP) is 4.23. The summed E-state index contributed by atoms with van der Waals surface area (Å²) in [5, 5.41) is 4.20. The lowest BCUT2D eigenvalue weighted by Crippen LogP contribution is -2.29. The van der Waals surface area contributed by atoms with E-state index in [0.717, 1.165) is 20.8 Å². The van der Waals surface area contributed by atoms with E-state index in [9.17, 15) is 9.59 Å². The van der Waals surface area contributed by atoms with Crippen molar-refractivity contribution in [3.8, 4) is 0 Å². The minimum atomic E-state index is -0.0978. The molecule has 2 heterocycles. The first-order valence-electron chi connectivity index (χ1n) is 9.01. The van der Waals surface area contributed by atoms with Gasteiger partial charge >= 0.3 is 0 Å². The molecule has 7 heteroatoms. The molecule has 1 amide bonds. The van der Waals surface area contributed by atoms with Crippen LogP contribution in [0.2, 0.25) is 0 Å². The molecule has 1 N–H and O–H groups in total. The van der Waals surface area contributed by atoms with Gasteiger partial charge in [-0.05, 0) is 31.9 Å². The molecule has 5 nitrogen and oxygen atoms in total. The lowest BCUT2D eigenvalue weighted by atomic mass is 10.1. The van der Waals surface area contributed by atoms with Crippen molar-refractivity contribution in [2.24, 2.45) is 0 Å². The maximum Gasteiger partial charge on any atom is 0.263 e. The van der Waals surface area contributed by atoms with Crippen molar-refractivity contribution in [2.45, 2.75) is 38.5 Å². The number of benzene rings is 1. The largest absolute Gasteiger partial charge is 0.349 e. The Morgan fingerprint density at radius 2 is 2.07 bits per heavy atom. The fourth-order valence-corrected chi connectivity index (χ4v) is 4.84. The Kier molecular flexibility index (Phi) is 6.36. The molecule has 0 bridgehead atoms. The summed E-state index contributed by atoms with van der Waals surface area (Å²) in [4.78, 5) is 31.8. The Labute approximate surface area is 172 Å². The SMILES string of the molecule is C=CCn1c(SCC(=O)NC(C)c2ccccc2)nc2sc(C)c(C)c2c1=O. The third kappa shape index (κ3) is 4.20. The number of amides is 1. The molecule has 0 saturated carbocycles. The van der Waals surface area contributed by atoms with Crippen LogP contribution in [0, 0.1) is 13.8 Å². The van der Waals surface area contributed by atoms with E-state index in [1.807, 2.05) is 51.1 Å². The molecule has 0 saturated heterocycles. The Morgan fingerprint density at radius 1 is 1.36 bits per heavy atom. The van der Waals surface area contributed by atoms with Gasteiger partial charge in [-0.2, -0.15) is 0 Å². The third-order valence-electron chi connectivity index (χ3n) is 4.57. The molecule has 2 aromatic heterocycles. The number of carbonyl (C=O) groups excluding carboxylic acids is 1. The van der Waals surface area contributed by atoms with Gasteiger partial charge in [0.05, 0.1) is 17.2 Å². The highest BCUT2D eigenvalue weighted by Crippen LogP contribution is 2.28. The Hall–Kier alpha value is -2.38. The molecule has 0 spiro atoms. The van der Waals surface area contributed by atoms with Crippen molar-refractivity contribution in [2.75, 3.05) is 5.75 Å². The van der Waals surface area contributed by atoms with Crippen molar-refractivity contribution in [3.63, 3.8) is 0 Å². The second-order valence-corrected chi connectivity index (χ2v) is 8.70. The van der Waals surface area contributed by atoms with Crippen LogP contribution in [0.15, 0.2) is 52.9 Å². The highest BCUT2D eigenvalue weighted by molar-refractivity contribution is 7.99. The second kappa shape index (κ2) is 8.75. The lowest BCUT2D eigenvalue weighted by Gasteiger charge is -2.15. The zero-order valence-electron chi connectivity index (χ0n) is 16.2. The molecule has 146 valence electrons. The number of hydrogen-bond donors (Lipinski definition) is 1. The lowest BCUT2D eigenvalue weighted by molar-refractivity contribution is -0.119. The van der Waals surface area contributed by atoms with Gasteiger partial charge in [0.25, 0.3) is 5.56 Å². The molecule has 0 radical (unpaired) electrons. The summed E-state index contributed by atoms with van der Waals surface area (Å²) in [5.74, 6) is 0.0923. The number of hydrogen-bond acceptors (Lipinski definition) is 5. The quantitative estimate of drug-likeness (QED) is 0.358. The normalized spacial score (nSPS) is 12.1. The van der Waals surface area contributed by atoms with E-state index in [1.54, 1.807) is 10.6 Å². The standard InChI is InChI=1S/C21H23N3O2S2/c1-5-11-24-20(26)18-13(2)15(4)28-19(18)23-21(24)27-12-17(25)22-14(3)16-9-7-6-8-10-16/h5-10,14H,1,11-12H2,2-4H3,(H,22,25). The van der Waals surface area contributed by atoms with E-state index in [-0.39, 0.29) is 23.3 Å². The molecule has 3 aromatic rings.